The molecule has 1 aliphatic rings. The number of hydrogen-bond donors (Lipinski definition) is 2. The van der Waals surface area contributed by atoms with E-state index < -0.39 is 0 Å². The molecule has 0 unspecified atom stereocenters. The largest absolute Gasteiger partial charge is 0.508 e. The van der Waals surface area contributed by atoms with E-state index in [-0.39, 0.29) is 0 Å². The summed E-state index contributed by atoms with van der Waals surface area (Å²) in [5, 5.41) is 20.6. The first-order valence-corrected chi connectivity index (χ1v) is 10.7. The lowest BCUT2D eigenvalue weighted by atomic mass is 9.89. The van der Waals surface area contributed by atoms with Crippen molar-refractivity contribution in [3.05, 3.63) is 59.2 Å². The topological polar surface area (TPSA) is 40.5 Å². The van der Waals surface area contributed by atoms with Crippen LogP contribution in [-0.4, -0.2) is 15.5 Å². The third-order valence-corrected chi connectivity index (χ3v) is 5.74. The Balaban J connectivity index is 1.96. The molecule has 138 valence electrons. The van der Waals surface area contributed by atoms with Gasteiger partial charge in [0.2, 0.25) is 0 Å². The molecular formula is C23H27BrO2. The van der Waals surface area contributed by atoms with Crippen LogP contribution in [0.4, 0.5) is 0 Å². The SMILES string of the molecule is Oc1ccc(C2=C(CCCCCCBr)c3ccc(O)cc3CCC2)cc1. The van der Waals surface area contributed by atoms with Crippen LogP contribution < -0.4 is 0 Å². The van der Waals surface area contributed by atoms with Crippen molar-refractivity contribution in [1.82, 2.24) is 0 Å². The highest BCUT2D eigenvalue weighted by molar-refractivity contribution is 9.09. The maximum atomic E-state index is 9.90. The summed E-state index contributed by atoms with van der Waals surface area (Å²) < 4.78 is 0. The summed E-state index contributed by atoms with van der Waals surface area (Å²) in [5.74, 6) is 0.665. The number of allylic oxidation sites excluding steroid dienone is 2. The Kier molecular flexibility index (Phi) is 6.79. The third-order valence-electron chi connectivity index (χ3n) is 5.18. The molecule has 0 radical (unpaired) electrons. The summed E-state index contributed by atoms with van der Waals surface area (Å²) >= 11 is 3.51. The van der Waals surface area contributed by atoms with Crippen LogP contribution in [0.25, 0.3) is 11.1 Å². The third kappa shape index (κ3) is 4.70. The minimum atomic E-state index is 0.310. The minimum absolute atomic E-state index is 0.310. The lowest BCUT2D eigenvalue weighted by molar-refractivity contribution is 0.474. The first kappa shape index (κ1) is 19.0. The van der Waals surface area contributed by atoms with Gasteiger partial charge in [-0.3, -0.25) is 0 Å². The van der Waals surface area contributed by atoms with Gasteiger partial charge in [-0.05, 0) is 90.6 Å². The lowest BCUT2D eigenvalue weighted by Crippen LogP contribution is -1.95. The normalized spacial score (nSPS) is 14.2. The number of unbranched alkanes of at least 4 members (excludes halogenated alkanes) is 3. The van der Waals surface area contributed by atoms with E-state index in [0.29, 0.717) is 11.5 Å². The van der Waals surface area contributed by atoms with Crippen LogP contribution in [0.3, 0.4) is 0 Å². The van der Waals surface area contributed by atoms with Crippen LogP contribution in [0.1, 0.15) is 61.6 Å². The molecule has 2 aromatic rings. The summed E-state index contributed by atoms with van der Waals surface area (Å²) in [6.07, 6.45) is 9.10. The van der Waals surface area contributed by atoms with E-state index in [9.17, 15) is 10.2 Å². The molecule has 2 aromatic carbocycles. The van der Waals surface area contributed by atoms with E-state index >= 15 is 0 Å². The summed E-state index contributed by atoms with van der Waals surface area (Å²) in [5.41, 5.74) is 6.58. The highest BCUT2D eigenvalue weighted by atomic mass is 79.9. The van der Waals surface area contributed by atoms with Gasteiger partial charge in [-0.1, -0.05) is 47.0 Å². The monoisotopic (exact) mass is 414 g/mol. The molecule has 0 fully saturated rings. The zero-order valence-electron chi connectivity index (χ0n) is 15.2. The zero-order chi connectivity index (χ0) is 18.4. The fourth-order valence-electron chi connectivity index (χ4n) is 3.87. The molecule has 0 aliphatic heterocycles. The minimum Gasteiger partial charge on any atom is -0.508 e. The number of fused-ring (bicyclic) bond motifs is 1. The molecule has 26 heavy (non-hydrogen) atoms. The number of phenols is 2. The highest BCUT2D eigenvalue weighted by Gasteiger charge is 2.18. The van der Waals surface area contributed by atoms with Crippen LogP contribution in [-0.2, 0) is 6.42 Å². The van der Waals surface area contributed by atoms with Gasteiger partial charge in [-0.2, -0.15) is 0 Å². The fraction of sp³-hybridized carbons (Fsp3) is 0.391. The predicted molar refractivity (Wildman–Crippen MR) is 113 cm³/mol. The van der Waals surface area contributed by atoms with E-state index in [2.05, 4.69) is 22.0 Å². The molecule has 0 saturated carbocycles. The van der Waals surface area contributed by atoms with Crippen molar-refractivity contribution in [2.75, 3.05) is 5.33 Å². The number of alkyl halides is 1. The molecule has 0 aromatic heterocycles. The second-order valence-corrected chi connectivity index (χ2v) is 7.85. The first-order chi connectivity index (χ1) is 12.7. The summed E-state index contributed by atoms with van der Waals surface area (Å²) in [4.78, 5) is 0. The van der Waals surface area contributed by atoms with Crippen LogP contribution in [0.15, 0.2) is 42.5 Å². The van der Waals surface area contributed by atoms with Gasteiger partial charge in [0.1, 0.15) is 11.5 Å². The highest BCUT2D eigenvalue weighted by Crippen LogP contribution is 2.39. The molecule has 3 rings (SSSR count). The first-order valence-electron chi connectivity index (χ1n) is 9.58. The van der Waals surface area contributed by atoms with Crippen molar-refractivity contribution in [2.45, 2.75) is 51.4 Å². The van der Waals surface area contributed by atoms with Gasteiger partial charge < -0.3 is 10.2 Å². The van der Waals surface area contributed by atoms with Crippen LogP contribution in [0, 0.1) is 0 Å². The number of halogens is 1. The average molecular weight is 415 g/mol. The Hall–Kier alpha value is -1.74. The van der Waals surface area contributed by atoms with Crippen molar-refractivity contribution in [3.63, 3.8) is 0 Å². The molecule has 0 amide bonds. The van der Waals surface area contributed by atoms with E-state index in [0.717, 1.165) is 31.0 Å². The molecule has 2 nitrogen and oxygen atoms in total. The van der Waals surface area contributed by atoms with Gasteiger partial charge in [-0.15, -0.1) is 0 Å². The van der Waals surface area contributed by atoms with Crippen molar-refractivity contribution in [3.8, 4) is 11.5 Å². The quantitative estimate of drug-likeness (QED) is 0.391. The Bertz CT molecular complexity index is 762. The van der Waals surface area contributed by atoms with Crippen molar-refractivity contribution in [2.24, 2.45) is 0 Å². The zero-order valence-corrected chi connectivity index (χ0v) is 16.8. The maximum absolute atomic E-state index is 9.90. The fourth-order valence-corrected chi connectivity index (χ4v) is 4.26. The van der Waals surface area contributed by atoms with Crippen LogP contribution in [0.5, 0.6) is 11.5 Å². The molecule has 0 bridgehead atoms. The second kappa shape index (κ2) is 9.27. The number of aromatic hydroxyl groups is 2. The molecular weight excluding hydrogens is 388 g/mol. The molecule has 0 atom stereocenters. The number of benzene rings is 2. The van der Waals surface area contributed by atoms with Gasteiger partial charge in [-0.25, -0.2) is 0 Å². The van der Waals surface area contributed by atoms with Crippen molar-refractivity contribution in [1.29, 1.82) is 0 Å². The predicted octanol–water partition coefficient (Wildman–Crippen LogP) is 6.69. The van der Waals surface area contributed by atoms with E-state index in [4.69, 9.17) is 0 Å². The average Bonchev–Trinajstić information content (AvgIpc) is 2.81. The molecule has 1 aliphatic carbocycles. The van der Waals surface area contributed by atoms with E-state index in [1.54, 1.807) is 12.1 Å². The van der Waals surface area contributed by atoms with Crippen molar-refractivity contribution < 1.29 is 10.2 Å². The van der Waals surface area contributed by atoms with E-state index in [1.807, 2.05) is 24.3 Å². The Labute approximate surface area is 164 Å². The van der Waals surface area contributed by atoms with Gasteiger partial charge in [0.05, 0.1) is 0 Å². The number of hydrogen-bond acceptors (Lipinski definition) is 2. The van der Waals surface area contributed by atoms with Crippen molar-refractivity contribution >= 4 is 27.1 Å². The standard InChI is InChI=1S/C23H27BrO2/c24-15-4-2-1-3-7-23-21(17-9-11-19(25)12-10-17)8-5-6-18-16-20(26)13-14-22(18)23/h9-14,16,25-26H,1-8,15H2. The van der Waals surface area contributed by atoms with Gasteiger partial charge in [0.15, 0.2) is 0 Å². The Morgan fingerprint density at radius 3 is 2.31 bits per heavy atom. The van der Waals surface area contributed by atoms with Gasteiger partial charge in [0, 0.05) is 5.33 Å². The molecule has 0 spiro atoms. The number of rotatable bonds is 7. The Morgan fingerprint density at radius 2 is 1.54 bits per heavy atom. The van der Waals surface area contributed by atoms with E-state index in [1.165, 1.54) is 53.5 Å². The number of aryl methyl sites for hydroxylation is 1. The van der Waals surface area contributed by atoms with Crippen LogP contribution in [0.2, 0.25) is 0 Å². The summed E-state index contributed by atoms with van der Waals surface area (Å²) in [6.45, 7) is 0. The summed E-state index contributed by atoms with van der Waals surface area (Å²) in [7, 11) is 0. The summed E-state index contributed by atoms with van der Waals surface area (Å²) in [6, 6.07) is 13.4. The molecule has 0 saturated heterocycles. The van der Waals surface area contributed by atoms with Gasteiger partial charge >= 0.3 is 0 Å². The smallest absolute Gasteiger partial charge is 0.115 e. The molecule has 0 heterocycles. The Morgan fingerprint density at radius 1 is 0.808 bits per heavy atom. The van der Waals surface area contributed by atoms with Crippen LogP contribution >= 0.6 is 15.9 Å². The molecule has 2 N–H and O–H groups in total. The second-order valence-electron chi connectivity index (χ2n) is 7.05. The maximum Gasteiger partial charge on any atom is 0.115 e. The number of phenolic OH excluding ortho intramolecular Hbond substituents is 2. The lowest BCUT2D eigenvalue weighted by Gasteiger charge is -2.16. The molecule has 3 heteroatoms. The van der Waals surface area contributed by atoms with Gasteiger partial charge in [0.25, 0.3) is 0 Å².